The van der Waals surface area contributed by atoms with Crippen LogP contribution in [0, 0.1) is 0 Å². The maximum atomic E-state index is 13.8. The molecule has 0 spiro atoms. The molecule has 0 saturated carbocycles. The first-order valence-electron chi connectivity index (χ1n) is 11.8. The topological polar surface area (TPSA) is 233 Å². The van der Waals surface area contributed by atoms with Gasteiger partial charge in [-0.25, -0.2) is 27.9 Å². The molecule has 20 heteroatoms. The largest absolute Gasteiger partial charge is 0.461 e. The molecule has 3 heterocycles. The summed E-state index contributed by atoms with van der Waals surface area (Å²) in [5.41, 5.74) is 3.44. The number of primary amides is 1. The van der Waals surface area contributed by atoms with Gasteiger partial charge in [0.2, 0.25) is 22.2 Å². The number of aromatic nitrogens is 4. The fraction of sp³-hybridized carbons (Fsp3) is 0.429. The molecule has 4 rings (SSSR count). The van der Waals surface area contributed by atoms with E-state index in [1.807, 2.05) is 0 Å². The number of nitrogens with zero attached hydrogens (tertiary/aromatic N) is 5. The van der Waals surface area contributed by atoms with Crippen LogP contribution in [0.15, 0.2) is 36.9 Å². The first kappa shape index (κ1) is 31.0. The smallest absolute Gasteiger partial charge is 0.413 e. The molecule has 224 valence electrons. The van der Waals surface area contributed by atoms with Gasteiger partial charge in [-0.3, -0.25) is 18.9 Å². The molecule has 1 saturated heterocycles. The molecular formula is C21H28ClN8O9PS. The summed E-state index contributed by atoms with van der Waals surface area (Å²) in [6.45, 7) is 2.56. The van der Waals surface area contributed by atoms with Crippen molar-refractivity contribution in [1.82, 2.24) is 29.4 Å². The molecule has 1 aromatic carbocycles. The van der Waals surface area contributed by atoms with Crippen LogP contribution in [-0.4, -0.2) is 81.4 Å². The SMILES string of the molecule is C[C@@H](NP(=O)(Oc1ccc(Cl)cc1)OC1O[C@@H](n2cnc3c(N(C)NS(C)(=O)=O)ncnc32)[C@](C)(O)C1O)C(N)=O. The van der Waals surface area contributed by atoms with Crippen LogP contribution in [0.3, 0.4) is 0 Å². The number of anilines is 1. The number of aliphatic hydroxyl groups is 2. The van der Waals surface area contributed by atoms with Gasteiger partial charge in [-0.2, -0.15) is 5.09 Å². The first-order valence-corrected chi connectivity index (χ1v) is 15.6. The number of benzene rings is 1. The number of aliphatic hydroxyl groups excluding tert-OH is 1. The number of rotatable bonds is 11. The summed E-state index contributed by atoms with van der Waals surface area (Å²) >= 11 is 5.90. The zero-order valence-electron chi connectivity index (χ0n) is 22.1. The predicted molar refractivity (Wildman–Crippen MR) is 145 cm³/mol. The lowest BCUT2D eigenvalue weighted by atomic mass is 9.99. The number of nitrogens with one attached hydrogen (secondary N) is 2. The second-order valence-electron chi connectivity index (χ2n) is 9.37. The highest BCUT2D eigenvalue weighted by Gasteiger charge is 2.56. The van der Waals surface area contributed by atoms with Gasteiger partial charge in [0.15, 0.2) is 23.2 Å². The Balaban J connectivity index is 1.65. The van der Waals surface area contributed by atoms with Crippen LogP contribution in [0.25, 0.3) is 11.2 Å². The molecule has 3 unspecified atom stereocenters. The molecule has 2 aromatic heterocycles. The number of amides is 1. The lowest BCUT2D eigenvalue weighted by Gasteiger charge is -2.27. The maximum absolute atomic E-state index is 13.8. The number of fused-ring (bicyclic) bond motifs is 1. The number of ether oxygens (including phenoxy) is 1. The van der Waals surface area contributed by atoms with Crippen LogP contribution in [0.4, 0.5) is 5.82 Å². The number of hydrazine groups is 1. The van der Waals surface area contributed by atoms with E-state index in [1.165, 1.54) is 56.1 Å². The number of carbonyl (C=O) groups is 1. The minimum atomic E-state index is -4.51. The minimum Gasteiger partial charge on any atom is -0.413 e. The van der Waals surface area contributed by atoms with Gasteiger partial charge in [0.25, 0.3) is 0 Å². The number of hydrogen-bond donors (Lipinski definition) is 5. The average Bonchev–Trinajstić information content (AvgIpc) is 3.38. The Kier molecular flexibility index (Phi) is 8.62. The van der Waals surface area contributed by atoms with Crippen molar-refractivity contribution in [2.45, 2.75) is 44.1 Å². The fourth-order valence-corrected chi connectivity index (χ4v) is 6.20. The third-order valence-corrected chi connectivity index (χ3v) is 8.39. The van der Waals surface area contributed by atoms with Gasteiger partial charge in [-0.15, -0.1) is 4.83 Å². The number of sulfonamides is 1. The summed E-state index contributed by atoms with van der Waals surface area (Å²) in [6.07, 6.45) is -1.68. The van der Waals surface area contributed by atoms with Crippen molar-refractivity contribution in [3.05, 3.63) is 41.9 Å². The van der Waals surface area contributed by atoms with Crippen molar-refractivity contribution in [2.75, 3.05) is 18.3 Å². The Hall–Kier alpha value is -2.93. The van der Waals surface area contributed by atoms with E-state index >= 15 is 0 Å². The Morgan fingerprint density at radius 1 is 1.32 bits per heavy atom. The quantitative estimate of drug-likeness (QED) is 0.138. The van der Waals surface area contributed by atoms with Crippen molar-refractivity contribution in [3.63, 3.8) is 0 Å². The Bertz CT molecular complexity index is 1590. The molecule has 1 aliphatic heterocycles. The monoisotopic (exact) mass is 634 g/mol. The van der Waals surface area contributed by atoms with Crippen molar-refractivity contribution in [2.24, 2.45) is 5.73 Å². The van der Waals surface area contributed by atoms with E-state index in [2.05, 4.69) is 24.9 Å². The average molecular weight is 635 g/mol. The maximum Gasteiger partial charge on any atom is 0.461 e. The fourth-order valence-electron chi connectivity index (χ4n) is 3.89. The van der Waals surface area contributed by atoms with E-state index < -0.39 is 53.9 Å². The van der Waals surface area contributed by atoms with E-state index in [0.717, 1.165) is 17.6 Å². The van der Waals surface area contributed by atoms with E-state index in [1.54, 1.807) is 0 Å². The molecule has 1 amide bonds. The highest BCUT2D eigenvalue weighted by molar-refractivity contribution is 7.88. The highest BCUT2D eigenvalue weighted by Crippen LogP contribution is 2.51. The summed E-state index contributed by atoms with van der Waals surface area (Å²) in [6, 6.07) is 4.51. The Morgan fingerprint density at radius 2 is 1.98 bits per heavy atom. The number of imidazole rings is 1. The lowest BCUT2D eigenvalue weighted by molar-refractivity contribution is -0.131. The standard InChI is InChI=1S/C21H28ClN8O9PS/c1-11(16(23)32)27-40(34,38-13-7-5-12(22)6-8-13)39-19-15(31)21(2,33)20(37-19)30-10-26-14-17(24-9-25-18(14)30)29(3)28-41(4,35)36/h5-11,15,19-20,28,31,33H,1-4H3,(H2,23,32)(H,27,34)/t11-,15?,19?,20-,21-,40?/m1/s1. The number of halogens is 1. The molecule has 1 fully saturated rings. The minimum absolute atomic E-state index is 0.0364. The Morgan fingerprint density at radius 3 is 2.59 bits per heavy atom. The van der Waals surface area contributed by atoms with Crippen LogP contribution in [0.2, 0.25) is 5.02 Å². The number of carbonyl (C=O) groups excluding carboxylic acids is 1. The van der Waals surface area contributed by atoms with E-state index in [-0.39, 0.29) is 22.7 Å². The third-order valence-electron chi connectivity index (χ3n) is 5.89. The second kappa shape index (κ2) is 11.4. The van der Waals surface area contributed by atoms with Crippen molar-refractivity contribution < 1.29 is 41.8 Å². The zero-order valence-corrected chi connectivity index (χ0v) is 24.5. The van der Waals surface area contributed by atoms with Crippen LogP contribution < -0.4 is 25.2 Å². The van der Waals surface area contributed by atoms with E-state index in [9.17, 15) is 28.0 Å². The van der Waals surface area contributed by atoms with Crippen LogP contribution in [0.5, 0.6) is 5.75 Å². The molecule has 41 heavy (non-hydrogen) atoms. The molecule has 6 N–H and O–H groups in total. The van der Waals surface area contributed by atoms with Gasteiger partial charge in [0, 0.05) is 12.1 Å². The van der Waals surface area contributed by atoms with Crippen molar-refractivity contribution in [1.29, 1.82) is 0 Å². The van der Waals surface area contributed by atoms with Gasteiger partial charge >= 0.3 is 7.75 Å². The molecule has 3 aromatic rings. The van der Waals surface area contributed by atoms with Gasteiger partial charge < -0.3 is 25.2 Å². The van der Waals surface area contributed by atoms with E-state index in [0.29, 0.717) is 5.02 Å². The van der Waals surface area contributed by atoms with Crippen LogP contribution in [0.1, 0.15) is 20.1 Å². The molecule has 6 atom stereocenters. The van der Waals surface area contributed by atoms with Crippen LogP contribution >= 0.6 is 19.3 Å². The number of nitrogens with two attached hydrogens (primary N) is 1. The normalized spacial score (nSPS) is 25.1. The zero-order chi connectivity index (χ0) is 30.3. The summed E-state index contributed by atoms with van der Waals surface area (Å²) in [5, 5.41) is 26.1. The number of hydrogen-bond acceptors (Lipinski definition) is 13. The lowest BCUT2D eigenvalue weighted by Crippen LogP contribution is -2.45. The molecule has 0 bridgehead atoms. The third kappa shape index (κ3) is 6.77. The highest BCUT2D eigenvalue weighted by atomic mass is 35.5. The van der Waals surface area contributed by atoms with E-state index in [4.69, 9.17) is 31.1 Å². The Labute approximate surface area is 239 Å². The summed E-state index contributed by atoms with van der Waals surface area (Å²) in [7, 11) is -6.77. The van der Waals surface area contributed by atoms with Gasteiger partial charge in [-0.1, -0.05) is 11.6 Å². The second-order valence-corrected chi connectivity index (χ2v) is 13.2. The predicted octanol–water partition coefficient (Wildman–Crippen LogP) is 0.0140. The van der Waals surface area contributed by atoms with Crippen molar-refractivity contribution >= 4 is 52.3 Å². The van der Waals surface area contributed by atoms with Gasteiger partial charge in [-0.05, 0) is 38.1 Å². The van der Waals surface area contributed by atoms with Crippen molar-refractivity contribution in [3.8, 4) is 5.75 Å². The molecule has 1 aliphatic rings. The summed E-state index contributed by atoms with van der Waals surface area (Å²) in [5.74, 6) is -0.757. The molecular weight excluding hydrogens is 607 g/mol. The van der Waals surface area contributed by atoms with Gasteiger partial charge in [0.05, 0.1) is 18.6 Å². The summed E-state index contributed by atoms with van der Waals surface area (Å²) < 4.78 is 55.3. The first-order chi connectivity index (χ1) is 19.0. The molecule has 0 aliphatic carbocycles. The summed E-state index contributed by atoms with van der Waals surface area (Å²) in [4.78, 5) is 26.4. The van der Waals surface area contributed by atoms with Crippen LogP contribution in [-0.2, 0) is 28.6 Å². The molecule has 17 nitrogen and oxygen atoms in total. The van der Waals surface area contributed by atoms with Gasteiger partial charge in [0.1, 0.15) is 23.8 Å². The molecule has 0 radical (unpaired) electrons.